The number of rotatable bonds is 6. The summed E-state index contributed by atoms with van der Waals surface area (Å²) in [6, 6.07) is 10.3. The minimum absolute atomic E-state index is 0.962. The van der Waals surface area contributed by atoms with E-state index in [9.17, 15) is 0 Å². The van der Waals surface area contributed by atoms with Gasteiger partial charge in [0, 0.05) is 23.7 Å². The molecule has 0 fully saturated rings. The minimum atomic E-state index is 0.962. The smallest absolute Gasteiger partial charge is 0.166 e. The van der Waals surface area contributed by atoms with E-state index in [1.807, 2.05) is 29.5 Å². The van der Waals surface area contributed by atoms with Crippen molar-refractivity contribution in [3.05, 3.63) is 46.2 Å². The molecule has 3 nitrogen and oxygen atoms in total. The van der Waals surface area contributed by atoms with E-state index in [0.717, 1.165) is 35.0 Å². The van der Waals surface area contributed by atoms with Gasteiger partial charge >= 0.3 is 0 Å². The molecule has 0 spiro atoms. The van der Waals surface area contributed by atoms with Crippen molar-refractivity contribution in [3.8, 4) is 0 Å². The van der Waals surface area contributed by atoms with Crippen LogP contribution in [0.4, 0.5) is 0 Å². The average Bonchev–Trinajstić information content (AvgIpc) is 3.04. The summed E-state index contributed by atoms with van der Waals surface area (Å²) < 4.78 is 0. The lowest BCUT2D eigenvalue weighted by Gasteiger charge is -2.02. The third-order valence-electron chi connectivity index (χ3n) is 3.14. The van der Waals surface area contributed by atoms with Gasteiger partial charge in [0.2, 0.25) is 0 Å². The monoisotopic (exact) mass is 303 g/mol. The van der Waals surface area contributed by atoms with Crippen LogP contribution in [0.2, 0.25) is 0 Å². The lowest BCUT2D eigenvalue weighted by molar-refractivity contribution is 0.737. The summed E-state index contributed by atoms with van der Waals surface area (Å²) in [6.07, 6.45) is 0. The van der Waals surface area contributed by atoms with E-state index in [0.29, 0.717) is 0 Å². The predicted octanol–water partition coefficient (Wildman–Crippen LogP) is 3.81. The largest absolute Gasteiger partial charge is 0.333 e. The molecule has 3 rings (SSSR count). The maximum atomic E-state index is 4.56. The lowest BCUT2D eigenvalue weighted by atomic mass is 10.3. The fourth-order valence-electron chi connectivity index (χ4n) is 2.00. The molecule has 0 saturated heterocycles. The van der Waals surface area contributed by atoms with E-state index in [1.165, 1.54) is 10.4 Å². The van der Waals surface area contributed by atoms with Gasteiger partial charge in [-0.25, -0.2) is 4.98 Å². The number of aryl methyl sites for hydroxylation is 1. The van der Waals surface area contributed by atoms with Crippen LogP contribution in [0.5, 0.6) is 0 Å². The van der Waals surface area contributed by atoms with Crippen LogP contribution in [0.3, 0.4) is 0 Å². The first-order valence-electron chi connectivity index (χ1n) is 6.64. The number of nitrogens with one attached hydrogen (secondary N) is 2. The molecule has 0 aliphatic rings. The van der Waals surface area contributed by atoms with Crippen molar-refractivity contribution in [2.45, 2.75) is 18.6 Å². The second-order valence-corrected chi connectivity index (χ2v) is 6.70. The Labute approximate surface area is 126 Å². The Balaban J connectivity index is 1.44. The van der Waals surface area contributed by atoms with Crippen molar-refractivity contribution in [3.63, 3.8) is 0 Å². The van der Waals surface area contributed by atoms with Crippen molar-refractivity contribution >= 4 is 34.1 Å². The van der Waals surface area contributed by atoms with Gasteiger partial charge in [0.1, 0.15) is 0 Å². The van der Waals surface area contributed by atoms with Crippen molar-refractivity contribution in [2.24, 2.45) is 0 Å². The molecule has 5 heteroatoms. The van der Waals surface area contributed by atoms with Gasteiger partial charge in [-0.15, -0.1) is 11.3 Å². The number of hydrogen-bond acceptors (Lipinski definition) is 4. The molecule has 0 unspecified atom stereocenters. The lowest BCUT2D eigenvalue weighted by Crippen LogP contribution is -2.16. The highest BCUT2D eigenvalue weighted by Crippen LogP contribution is 2.19. The number of thioether (sulfide) groups is 1. The van der Waals surface area contributed by atoms with E-state index >= 15 is 0 Å². The molecule has 1 aromatic carbocycles. The van der Waals surface area contributed by atoms with Crippen LogP contribution in [-0.4, -0.2) is 22.3 Å². The topological polar surface area (TPSA) is 40.7 Å². The number of para-hydroxylation sites is 2. The quantitative estimate of drug-likeness (QED) is 0.537. The number of aromatic amines is 1. The molecule has 0 atom stereocenters. The Kier molecular flexibility index (Phi) is 4.40. The van der Waals surface area contributed by atoms with Crippen LogP contribution in [-0.2, 0) is 6.54 Å². The fourth-order valence-corrected chi connectivity index (χ4v) is 3.67. The highest BCUT2D eigenvalue weighted by Gasteiger charge is 2.02. The summed E-state index contributed by atoms with van der Waals surface area (Å²) >= 11 is 3.58. The molecule has 2 aromatic heterocycles. The Hall–Kier alpha value is -1.30. The molecule has 2 heterocycles. The normalized spacial score (nSPS) is 11.2. The summed E-state index contributed by atoms with van der Waals surface area (Å²) in [5.41, 5.74) is 3.53. The summed E-state index contributed by atoms with van der Waals surface area (Å²) in [4.78, 5) is 9.32. The number of nitrogens with zero attached hydrogens (tertiary/aromatic N) is 1. The number of hydrogen-bond donors (Lipinski definition) is 2. The first-order valence-corrected chi connectivity index (χ1v) is 8.51. The number of fused-ring (bicyclic) bond motifs is 1. The van der Waals surface area contributed by atoms with E-state index < -0.39 is 0 Å². The Bertz CT molecular complexity index is 654. The van der Waals surface area contributed by atoms with Crippen molar-refractivity contribution < 1.29 is 0 Å². The SMILES string of the molecule is Cc1ccsc1CNCCSc1nc2ccccc2[nH]1. The third-order valence-corrected chi connectivity index (χ3v) is 5.04. The van der Waals surface area contributed by atoms with E-state index in [-0.39, 0.29) is 0 Å². The Morgan fingerprint density at radius 2 is 2.20 bits per heavy atom. The molecule has 0 aliphatic carbocycles. The maximum Gasteiger partial charge on any atom is 0.166 e. The molecule has 0 radical (unpaired) electrons. The van der Waals surface area contributed by atoms with E-state index in [1.54, 1.807) is 11.8 Å². The highest BCUT2D eigenvalue weighted by molar-refractivity contribution is 7.99. The molecule has 3 aromatic rings. The van der Waals surface area contributed by atoms with Crippen molar-refractivity contribution in [1.29, 1.82) is 0 Å². The maximum absolute atomic E-state index is 4.56. The summed E-state index contributed by atoms with van der Waals surface area (Å²) in [6.45, 7) is 4.11. The third kappa shape index (κ3) is 3.23. The van der Waals surface area contributed by atoms with Crippen LogP contribution in [0, 0.1) is 6.92 Å². The molecular formula is C15H17N3S2. The highest BCUT2D eigenvalue weighted by atomic mass is 32.2. The molecular weight excluding hydrogens is 286 g/mol. The summed E-state index contributed by atoms with van der Waals surface area (Å²) in [7, 11) is 0. The van der Waals surface area contributed by atoms with Crippen LogP contribution < -0.4 is 5.32 Å². The molecule has 0 amide bonds. The zero-order chi connectivity index (χ0) is 13.8. The van der Waals surface area contributed by atoms with Gasteiger partial charge in [0.05, 0.1) is 11.0 Å². The van der Waals surface area contributed by atoms with Gasteiger partial charge < -0.3 is 10.3 Å². The summed E-state index contributed by atoms with van der Waals surface area (Å²) in [5.74, 6) is 1.02. The first kappa shape index (κ1) is 13.7. The minimum Gasteiger partial charge on any atom is -0.333 e. The van der Waals surface area contributed by atoms with Gasteiger partial charge in [0.25, 0.3) is 0 Å². The fraction of sp³-hybridized carbons (Fsp3) is 0.267. The second-order valence-electron chi connectivity index (χ2n) is 4.61. The number of H-pyrrole nitrogens is 1. The molecule has 2 N–H and O–H groups in total. The zero-order valence-corrected chi connectivity index (χ0v) is 13.0. The van der Waals surface area contributed by atoms with Crippen LogP contribution in [0.25, 0.3) is 11.0 Å². The Morgan fingerprint density at radius 1 is 1.30 bits per heavy atom. The van der Waals surface area contributed by atoms with Crippen LogP contribution in [0.1, 0.15) is 10.4 Å². The standard InChI is InChI=1S/C15H17N3S2/c1-11-6-8-19-14(11)10-16-7-9-20-15-17-12-4-2-3-5-13(12)18-15/h2-6,8,16H,7,9-10H2,1H3,(H,17,18). The molecule has 20 heavy (non-hydrogen) atoms. The Morgan fingerprint density at radius 3 is 3.00 bits per heavy atom. The van der Waals surface area contributed by atoms with Gasteiger partial charge in [-0.05, 0) is 36.1 Å². The van der Waals surface area contributed by atoms with E-state index in [4.69, 9.17) is 0 Å². The van der Waals surface area contributed by atoms with Crippen LogP contribution in [0.15, 0.2) is 40.9 Å². The number of aromatic nitrogens is 2. The summed E-state index contributed by atoms with van der Waals surface area (Å²) in [5, 5.41) is 6.63. The first-order chi connectivity index (χ1) is 9.83. The number of imidazole rings is 1. The van der Waals surface area contributed by atoms with Gasteiger partial charge in [-0.2, -0.15) is 0 Å². The van der Waals surface area contributed by atoms with Crippen LogP contribution >= 0.6 is 23.1 Å². The average molecular weight is 303 g/mol. The van der Waals surface area contributed by atoms with Crippen molar-refractivity contribution in [1.82, 2.24) is 15.3 Å². The second kappa shape index (κ2) is 6.43. The van der Waals surface area contributed by atoms with Gasteiger partial charge in [-0.1, -0.05) is 23.9 Å². The number of benzene rings is 1. The van der Waals surface area contributed by atoms with Gasteiger partial charge in [0.15, 0.2) is 5.16 Å². The predicted molar refractivity (Wildman–Crippen MR) is 87.6 cm³/mol. The van der Waals surface area contributed by atoms with E-state index in [2.05, 4.69) is 39.7 Å². The van der Waals surface area contributed by atoms with Crippen molar-refractivity contribution in [2.75, 3.05) is 12.3 Å². The molecule has 104 valence electrons. The molecule has 0 aliphatic heterocycles. The zero-order valence-electron chi connectivity index (χ0n) is 11.3. The van der Waals surface area contributed by atoms with Gasteiger partial charge in [-0.3, -0.25) is 0 Å². The molecule has 0 saturated carbocycles. The molecule has 0 bridgehead atoms. The number of thiophene rings is 1.